The second kappa shape index (κ2) is 13.0. The van der Waals surface area contributed by atoms with E-state index >= 15 is 0 Å². The van der Waals surface area contributed by atoms with Crippen molar-refractivity contribution < 1.29 is 32.2 Å². The Morgan fingerprint density at radius 1 is 0.641 bits per heavy atom. The SMILES string of the molecule is CCCCOc1ccc(-c2ccc(OC(=O)c3ccc(-c4ccc(OCCC)cc4)c(F)c3F)cc2)c(F)c1. The van der Waals surface area contributed by atoms with Gasteiger partial charge in [0, 0.05) is 17.2 Å². The Morgan fingerprint density at radius 3 is 1.87 bits per heavy atom. The van der Waals surface area contributed by atoms with Gasteiger partial charge in [-0.3, -0.25) is 0 Å². The van der Waals surface area contributed by atoms with Crippen LogP contribution in [0.1, 0.15) is 43.5 Å². The molecule has 0 fully saturated rings. The number of hydrogen-bond donors (Lipinski definition) is 0. The van der Waals surface area contributed by atoms with E-state index in [-0.39, 0.29) is 11.3 Å². The molecular formula is C32H29F3O4. The quantitative estimate of drug-likeness (QED) is 0.110. The Labute approximate surface area is 226 Å². The number of benzene rings is 4. The number of rotatable bonds is 11. The zero-order valence-electron chi connectivity index (χ0n) is 21.8. The first-order valence-corrected chi connectivity index (χ1v) is 12.9. The minimum absolute atomic E-state index is 0.0132. The van der Waals surface area contributed by atoms with E-state index in [9.17, 15) is 18.0 Å². The number of carbonyl (C=O) groups excluding carboxylic acids is 1. The first-order valence-electron chi connectivity index (χ1n) is 12.9. The van der Waals surface area contributed by atoms with Gasteiger partial charge in [-0.2, -0.15) is 0 Å². The number of unbranched alkanes of at least 4 members (excludes halogenated alkanes) is 1. The van der Waals surface area contributed by atoms with Crippen LogP contribution in [0.5, 0.6) is 17.2 Å². The zero-order valence-corrected chi connectivity index (χ0v) is 21.8. The zero-order chi connectivity index (χ0) is 27.8. The van der Waals surface area contributed by atoms with Gasteiger partial charge in [0.05, 0.1) is 18.8 Å². The molecule has 4 rings (SSSR count). The molecule has 0 saturated heterocycles. The highest BCUT2D eigenvalue weighted by atomic mass is 19.2. The lowest BCUT2D eigenvalue weighted by molar-refractivity contribution is 0.0728. The van der Waals surface area contributed by atoms with Gasteiger partial charge in [0.15, 0.2) is 11.6 Å². The van der Waals surface area contributed by atoms with Gasteiger partial charge >= 0.3 is 5.97 Å². The van der Waals surface area contributed by atoms with Crippen molar-refractivity contribution in [3.63, 3.8) is 0 Å². The first kappa shape index (κ1) is 27.8. The highest BCUT2D eigenvalue weighted by Crippen LogP contribution is 2.30. The number of carbonyl (C=O) groups is 1. The molecule has 0 aromatic heterocycles. The molecule has 4 aromatic rings. The van der Waals surface area contributed by atoms with Gasteiger partial charge in [0.25, 0.3) is 0 Å². The summed E-state index contributed by atoms with van der Waals surface area (Å²) in [5.41, 5.74) is 0.829. The van der Waals surface area contributed by atoms with Crippen LogP contribution in [0.15, 0.2) is 78.9 Å². The molecule has 7 heteroatoms. The molecule has 0 radical (unpaired) electrons. The lowest BCUT2D eigenvalue weighted by Crippen LogP contribution is -2.12. The molecule has 39 heavy (non-hydrogen) atoms. The Morgan fingerprint density at radius 2 is 1.23 bits per heavy atom. The molecular weight excluding hydrogens is 505 g/mol. The van der Waals surface area contributed by atoms with Crippen molar-refractivity contribution in [3.05, 3.63) is 102 Å². The molecule has 4 nitrogen and oxygen atoms in total. The third kappa shape index (κ3) is 6.79. The van der Waals surface area contributed by atoms with Crippen molar-refractivity contribution in [3.8, 4) is 39.5 Å². The highest BCUT2D eigenvalue weighted by molar-refractivity contribution is 5.92. The molecule has 0 N–H and O–H groups in total. The third-order valence-electron chi connectivity index (χ3n) is 6.02. The molecule has 202 valence electrons. The van der Waals surface area contributed by atoms with Crippen molar-refractivity contribution in [1.29, 1.82) is 0 Å². The average Bonchev–Trinajstić information content (AvgIpc) is 2.94. The second-order valence-corrected chi connectivity index (χ2v) is 8.92. The lowest BCUT2D eigenvalue weighted by atomic mass is 10.0. The first-order chi connectivity index (χ1) is 18.9. The van der Waals surface area contributed by atoms with E-state index in [1.807, 2.05) is 13.8 Å². The van der Waals surface area contributed by atoms with E-state index in [0.29, 0.717) is 41.4 Å². The molecule has 0 spiro atoms. The van der Waals surface area contributed by atoms with Crippen LogP contribution in [0.4, 0.5) is 13.2 Å². The average molecular weight is 535 g/mol. The molecule has 0 aliphatic carbocycles. The number of halogens is 3. The summed E-state index contributed by atoms with van der Waals surface area (Å²) in [6.45, 7) is 5.11. The van der Waals surface area contributed by atoms with E-state index in [1.165, 1.54) is 30.3 Å². The maximum atomic E-state index is 14.9. The fourth-order valence-corrected chi connectivity index (χ4v) is 3.90. The number of esters is 1. The van der Waals surface area contributed by atoms with Crippen molar-refractivity contribution in [2.45, 2.75) is 33.1 Å². The largest absolute Gasteiger partial charge is 0.494 e. The molecule has 0 aliphatic rings. The summed E-state index contributed by atoms with van der Waals surface area (Å²) in [5.74, 6) is -2.76. The molecule has 0 atom stereocenters. The van der Waals surface area contributed by atoms with Crippen molar-refractivity contribution in [2.24, 2.45) is 0 Å². The van der Waals surface area contributed by atoms with E-state index < -0.39 is 29.0 Å². The molecule has 0 aliphatic heterocycles. The number of ether oxygens (including phenoxy) is 3. The maximum Gasteiger partial charge on any atom is 0.346 e. The molecule has 0 unspecified atom stereocenters. The predicted octanol–water partition coefficient (Wildman–Crippen LogP) is 8.62. The van der Waals surface area contributed by atoms with Crippen LogP contribution in [0.3, 0.4) is 0 Å². The van der Waals surface area contributed by atoms with Crippen LogP contribution in [-0.4, -0.2) is 19.2 Å². The summed E-state index contributed by atoms with van der Waals surface area (Å²) in [6, 6.07) is 19.8. The van der Waals surface area contributed by atoms with E-state index in [4.69, 9.17) is 14.2 Å². The Bertz CT molecular complexity index is 1420. The predicted molar refractivity (Wildman–Crippen MR) is 145 cm³/mol. The third-order valence-corrected chi connectivity index (χ3v) is 6.02. The van der Waals surface area contributed by atoms with Gasteiger partial charge in [-0.05, 0) is 66.4 Å². The summed E-state index contributed by atoms with van der Waals surface area (Å²) < 4.78 is 60.7. The van der Waals surface area contributed by atoms with E-state index in [2.05, 4.69) is 0 Å². The van der Waals surface area contributed by atoms with Crippen LogP contribution < -0.4 is 14.2 Å². The Balaban J connectivity index is 1.45. The lowest BCUT2D eigenvalue weighted by Gasteiger charge is -2.11. The van der Waals surface area contributed by atoms with E-state index in [0.717, 1.165) is 19.3 Å². The van der Waals surface area contributed by atoms with Gasteiger partial charge in [-0.15, -0.1) is 0 Å². The van der Waals surface area contributed by atoms with Crippen LogP contribution in [0, 0.1) is 17.5 Å². The van der Waals surface area contributed by atoms with Gasteiger partial charge < -0.3 is 14.2 Å². The second-order valence-electron chi connectivity index (χ2n) is 8.92. The maximum absolute atomic E-state index is 14.9. The summed E-state index contributed by atoms with van der Waals surface area (Å²) >= 11 is 0. The van der Waals surface area contributed by atoms with Gasteiger partial charge in [-0.1, -0.05) is 50.6 Å². The van der Waals surface area contributed by atoms with Crippen molar-refractivity contribution in [1.82, 2.24) is 0 Å². The van der Waals surface area contributed by atoms with Gasteiger partial charge in [0.1, 0.15) is 23.1 Å². The summed E-state index contributed by atoms with van der Waals surface area (Å²) in [7, 11) is 0. The van der Waals surface area contributed by atoms with Gasteiger partial charge in [-0.25, -0.2) is 18.0 Å². The van der Waals surface area contributed by atoms with Crippen LogP contribution in [0.2, 0.25) is 0 Å². The molecule has 0 heterocycles. The van der Waals surface area contributed by atoms with Crippen LogP contribution in [0.25, 0.3) is 22.3 Å². The minimum atomic E-state index is -1.30. The van der Waals surface area contributed by atoms with Gasteiger partial charge in [0.2, 0.25) is 0 Å². The molecule has 4 aromatic carbocycles. The molecule has 0 amide bonds. The fraction of sp³-hybridized carbons (Fsp3) is 0.219. The van der Waals surface area contributed by atoms with Crippen molar-refractivity contribution in [2.75, 3.05) is 13.2 Å². The van der Waals surface area contributed by atoms with Crippen molar-refractivity contribution >= 4 is 5.97 Å². The topological polar surface area (TPSA) is 44.8 Å². The van der Waals surface area contributed by atoms with E-state index in [1.54, 1.807) is 48.5 Å². The fourth-order valence-electron chi connectivity index (χ4n) is 3.90. The molecule has 0 saturated carbocycles. The molecule has 0 bridgehead atoms. The Kier molecular flexibility index (Phi) is 9.26. The summed E-state index contributed by atoms with van der Waals surface area (Å²) in [4.78, 5) is 12.6. The number of hydrogen-bond acceptors (Lipinski definition) is 4. The smallest absolute Gasteiger partial charge is 0.346 e. The Hall–Kier alpha value is -4.26. The summed E-state index contributed by atoms with van der Waals surface area (Å²) in [5, 5.41) is 0. The normalized spacial score (nSPS) is 10.8. The monoisotopic (exact) mass is 534 g/mol. The standard InChI is InChI=1S/C32H29F3O4/c1-3-5-19-38-25-14-15-26(29(33)20-25)21-8-12-24(13-9-21)39-32(36)28-17-16-27(30(34)31(28)35)22-6-10-23(11-7-22)37-18-4-2/h6-17,20H,3-5,18-19H2,1-2H3. The highest BCUT2D eigenvalue weighted by Gasteiger charge is 2.21. The van der Waals surface area contributed by atoms with Crippen LogP contribution in [-0.2, 0) is 0 Å². The van der Waals surface area contributed by atoms with Crippen LogP contribution >= 0.6 is 0 Å². The summed E-state index contributed by atoms with van der Waals surface area (Å²) in [6.07, 6.45) is 2.71. The minimum Gasteiger partial charge on any atom is -0.494 e.